The molecular weight excluding hydrogens is 210 g/mol. The normalized spacial score (nSPS) is 14.4. The largest absolute Gasteiger partial charge is 0.497 e. The first kappa shape index (κ1) is 14.0. The second kappa shape index (κ2) is 7.33. The van der Waals surface area contributed by atoms with Gasteiger partial charge in [0, 0.05) is 6.04 Å². The Morgan fingerprint density at radius 1 is 1.35 bits per heavy atom. The minimum Gasteiger partial charge on any atom is -0.497 e. The van der Waals surface area contributed by atoms with E-state index in [1.165, 1.54) is 18.4 Å². The summed E-state index contributed by atoms with van der Waals surface area (Å²) in [6.07, 6.45) is 3.59. The topological polar surface area (TPSA) is 21.3 Å². The maximum Gasteiger partial charge on any atom is 0.119 e. The highest BCUT2D eigenvalue weighted by atomic mass is 16.5. The first-order chi connectivity index (χ1) is 8.21. The molecule has 0 aliphatic heterocycles. The van der Waals surface area contributed by atoms with Crippen LogP contribution in [-0.2, 0) is 6.42 Å². The van der Waals surface area contributed by atoms with Gasteiger partial charge in [0.2, 0.25) is 0 Å². The van der Waals surface area contributed by atoms with Crippen molar-refractivity contribution < 1.29 is 4.74 Å². The standard InChI is InChI=1S/C15H25NO/c1-5-7-12(2)15(16-3)11-13-8-6-9-14(10-13)17-4/h6,8-10,12,15-16H,5,7,11H2,1-4H3. The number of ether oxygens (including phenoxy) is 1. The maximum absolute atomic E-state index is 5.26. The molecule has 0 saturated carbocycles. The number of hydrogen-bond acceptors (Lipinski definition) is 2. The van der Waals surface area contributed by atoms with Crippen LogP contribution >= 0.6 is 0 Å². The lowest BCUT2D eigenvalue weighted by Gasteiger charge is -2.23. The van der Waals surface area contributed by atoms with Gasteiger partial charge >= 0.3 is 0 Å². The van der Waals surface area contributed by atoms with Crippen LogP contribution in [0.4, 0.5) is 0 Å². The molecule has 1 aromatic carbocycles. The van der Waals surface area contributed by atoms with E-state index in [0.717, 1.165) is 12.2 Å². The van der Waals surface area contributed by atoms with Crippen molar-refractivity contribution >= 4 is 0 Å². The molecule has 0 amide bonds. The average molecular weight is 235 g/mol. The average Bonchev–Trinajstić information content (AvgIpc) is 2.36. The van der Waals surface area contributed by atoms with Crippen LogP contribution in [0.1, 0.15) is 32.3 Å². The third kappa shape index (κ3) is 4.39. The van der Waals surface area contributed by atoms with E-state index in [2.05, 4.69) is 44.4 Å². The highest BCUT2D eigenvalue weighted by Gasteiger charge is 2.15. The van der Waals surface area contributed by atoms with Gasteiger partial charge in [0.1, 0.15) is 5.75 Å². The molecule has 0 saturated heterocycles. The molecule has 0 heterocycles. The molecular formula is C15H25NO. The van der Waals surface area contributed by atoms with Crippen LogP contribution in [0, 0.1) is 5.92 Å². The number of hydrogen-bond donors (Lipinski definition) is 1. The zero-order chi connectivity index (χ0) is 12.7. The van der Waals surface area contributed by atoms with Crippen LogP contribution in [0.15, 0.2) is 24.3 Å². The molecule has 1 aromatic rings. The van der Waals surface area contributed by atoms with Crippen molar-refractivity contribution in [2.75, 3.05) is 14.2 Å². The lowest BCUT2D eigenvalue weighted by molar-refractivity contribution is 0.370. The summed E-state index contributed by atoms with van der Waals surface area (Å²) in [6.45, 7) is 4.57. The van der Waals surface area contributed by atoms with Gasteiger partial charge in [-0.05, 0) is 43.5 Å². The molecule has 96 valence electrons. The molecule has 0 aromatic heterocycles. The van der Waals surface area contributed by atoms with E-state index in [1.54, 1.807) is 7.11 Å². The fraction of sp³-hybridized carbons (Fsp3) is 0.600. The fourth-order valence-electron chi connectivity index (χ4n) is 2.30. The molecule has 0 radical (unpaired) electrons. The van der Waals surface area contributed by atoms with Gasteiger partial charge < -0.3 is 10.1 Å². The Balaban J connectivity index is 2.66. The Bertz CT molecular complexity index is 324. The number of benzene rings is 1. The van der Waals surface area contributed by atoms with Crippen molar-refractivity contribution in [3.8, 4) is 5.75 Å². The van der Waals surface area contributed by atoms with Gasteiger partial charge in [-0.15, -0.1) is 0 Å². The number of rotatable bonds is 7. The van der Waals surface area contributed by atoms with Crippen LogP contribution in [0.3, 0.4) is 0 Å². The molecule has 2 atom stereocenters. The lowest BCUT2D eigenvalue weighted by Crippen LogP contribution is -2.34. The van der Waals surface area contributed by atoms with E-state index in [0.29, 0.717) is 12.0 Å². The Kier molecular flexibility index (Phi) is 6.06. The van der Waals surface area contributed by atoms with Gasteiger partial charge in [-0.3, -0.25) is 0 Å². The van der Waals surface area contributed by atoms with Gasteiger partial charge in [-0.2, -0.15) is 0 Å². The molecule has 1 N–H and O–H groups in total. The summed E-state index contributed by atoms with van der Waals surface area (Å²) < 4.78 is 5.26. The van der Waals surface area contributed by atoms with E-state index >= 15 is 0 Å². The van der Waals surface area contributed by atoms with Crippen molar-refractivity contribution in [1.29, 1.82) is 0 Å². The highest BCUT2D eigenvalue weighted by Crippen LogP contribution is 2.18. The van der Waals surface area contributed by atoms with E-state index in [9.17, 15) is 0 Å². The second-order valence-electron chi connectivity index (χ2n) is 4.72. The van der Waals surface area contributed by atoms with Crippen LogP contribution in [0.5, 0.6) is 5.75 Å². The summed E-state index contributed by atoms with van der Waals surface area (Å²) in [6, 6.07) is 8.90. The predicted octanol–water partition coefficient (Wildman–Crippen LogP) is 3.26. The van der Waals surface area contributed by atoms with E-state index < -0.39 is 0 Å². The molecule has 2 nitrogen and oxygen atoms in total. The molecule has 0 aliphatic carbocycles. The van der Waals surface area contributed by atoms with Gasteiger partial charge in [0.25, 0.3) is 0 Å². The van der Waals surface area contributed by atoms with Gasteiger partial charge in [0.15, 0.2) is 0 Å². The van der Waals surface area contributed by atoms with Crippen molar-refractivity contribution in [2.24, 2.45) is 5.92 Å². The zero-order valence-corrected chi connectivity index (χ0v) is 11.5. The summed E-state index contributed by atoms with van der Waals surface area (Å²) >= 11 is 0. The van der Waals surface area contributed by atoms with Crippen LogP contribution in [0.25, 0.3) is 0 Å². The van der Waals surface area contributed by atoms with Crippen LogP contribution in [-0.4, -0.2) is 20.2 Å². The van der Waals surface area contributed by atoms with E-state index in [-0.39, 0.29) is 0 Å². The lowest BCUT2D eigenvalue weighted by atomic mass is 9.91. The molecule has 0 spiro atoms. The smallest absolute Gasteiger partial charge is 0.119 e. The zero-order valence-electron chi connectivity index (χ0n) is 11.5. The fourth-order valence-corrected chi connectivity index (χ4v) is 2.30. The Morgan fingerprint density at radius 2 is 2.12 bits per heavy atom. The molecule has 0 bridgehead atoms. The number of methoxy groups -OCH3 is 1. The minimum atomic E-state index is 0.544. The monoisotopic (exact) mass is 235 g/mol. The summed E-state index contributed by atoms with van der Waals surface area (Å²) in [5, 5.41) is 3.43. The summed E-state index contributed by atoms with van der Waals surface area (Å²) in [5.41, 5.74) is 1.34. The molecule has 2 heteroatoms. The minimum absolute atomic E-state index is 0.544. The summed E-state index contributed by atoms with van der Waals surface area (Å²) in [4.78, 5) is 0. The van der Waals surface area contributed by atoms with Crippen LogP contribution < -0.4 is 10.1 Å². The molecule has 0 aliphatic rings. The molecule has 2 unspecified atom stereocenters. The Morgan fingerprint density at radius 3 is 2.71 bits per heavy atom. The SMILES string of the molecule is CCCC(C)C(Cc1cccc(OC)c1)NC. The molecule has 1 rings (SSSR count). The molecule has 17 heavy (non-hydrogen) atoms. The summed E-state index contributed by atoms with van der Waals surface area (Å²) in [7, 11) is 3.77. The third-order valence-electron chi connectivity index (χ3n) is 3.39. The van der Waals surface area contributed by atoms with Crippen molar-refractivity contribution in [3.05, 3.63) is 29.8 Å². The van der Waals surface area contributed by atoms with E-state index in [1.807, 2.05) is 6.07 Å². The highest BCUT2D eigenvalue weighted by molar-refractivity contribution is 5.29. The quantitative estimate of drug-likeness (QED) is 0.783. The predicted molar refractivity (Wildman–Crippen MR) is 73.6 cm³/mol. The van der Waals surface area contributed by atoms with Gasteiger partial charge in [0.05, 0.1) is 7.11 Å². The second-order valence-corrected chi connectivity index (χ2v) is 4.72. The van der Waals surface area contributed by atoms with Crippen molar-refractivity contribution in [3.63, 3.8) is 0 Å². The maximum atomic E-state index is 5.26. The Hall–Kier alpha value is -1.02. The van der Waals surface area contributed by atoms with Crippen molar-refractivity contribution in [1.82, 2.24) is 5.32 Å². The summed E-state index contributed by atoms with van der Waals surface area (Å²) in [5.74, 6) is 1.65. The first-order valence-corrected chi connectivity index (χ1v) is 6.51. The van der Waals surface area contributed by atoms with Crippen molar-refractivity contribution in [2.45, 2.75) is 39.2 Å². The van der Waals surface area contributed by atoms with Gasteiger partial charge in [-0.25, -0.2) is 0 Å². The molecule has 0 fully saturated rings. The van der Waals surface area contributed by atoms with E-state index in [4.69, 9.17) is 4.74 Å². The third-order valence-corrected chi connectivity index (χ3v) is 3.39. The van der Waals surface area contributed by atoms with Crippen LogP contribution in [0.2, 0.25) is 0 Å². The number of nitrogens with one attached hydrogen (secondary N) is 1. The first-order valence-electron chi connectivity index (χ1n) is 6.51. The number of likely N-dealkylation sites (N-methyl/N-ethyl adjacent to an activating group) is 1. The Labute approximate surface area is 105 Å². The van der Waals surface area contributed by atoms with Gasteiger partial charge in [-0.1, -0.05) is 32.4 Å².